The molecule has 2 aromatic carbocycles. The summed E-state index contributed by atoms with van der Waals surface area (Å²) in [6.07, 6.45) is -0.767. The highest BCUT2D eigenvalue weighted by atomic mass is 16.5. The summed E-state index contributed by atoms with van der Waals surface area (Å²) in [6, 6.07) is 15.2. The number of rotatable bonds is 5. The number of benzene rings is 2. The second kappa shape index (κ2) is 7.83. The molecular formula is C20H23NO4. The average molecular weight is 341 g/mol. The van der Waals surface area contributed by atoms with Crippen molar-refractivity contribution in [2.75, 3.05) is 0 Å². The highest BCUT2D eigenvalue weighted by Gasteiger charge is 2.23. The number of alkyl carbamates (subject to hydrolysis) is 1. The molecule has 132 valence electrons. The molecule has 1 unspecified atom stereocenters. The lowest BCUT2D eigenvalue weighted by Crippen LogP contribution is -2.34. The molecule has 0 aliphatic carbocycles. The van der Waals surface area contributed by atoms with Gasteiger partial charge in [-0.3, -0.25) is 0 Å². The molecule has 0 spiro atoms. The zero-order valence-electron chi connectivity index (χ0n) is 14.7. The molecule has 0 radical (unpaired) electrons. The first-order chi connectivity index (χ1) is 11.8. The Kier molecular flexibility index (Phi) is 5.80. The van der Waals surface area contributed by atoms with Crippen molar-refractivity contribution in [2.24, 2.45) is 0 Å². The van der Waals surface area contributed by atoms with E-state index in [1.54, 1.807) is 12.1 Å². The Morgan fingerprint density at radius 2 is 1.64 bits per heavy atom. The van der Waals surface area contributed by atoms with E-state index in [2.05, 4.69) is 26.1 Å². The predicted octanol–water partition coefficient (Wildman–Crippen LogP) is 4.04. The molecule has 0 saturated heterocycles. The highest BCUT2D eigenvalue weighted by molar-refractivity contribution is 5.81. The molecule has 0 aromatic heterocycles. The Balaban J connectivity index is 2.03. The van der Waals surface area contributed by atoms with Crippen LogP contribution in [0.3, 0.4) is 0 Å². The van der Waals surface area contributed by atoms with Gasteiger partial charge in [-0.15, -0.1) is 0 Å². The summed E-state index contributed by atoms with van der Waals surface area (Å²) in [5, 5.41) is 11.8. The van der Waals surface area contributed by atoms with Crippen molar-refractivity contribution in [1.82, 2.24) is 5.32 Å². The number of carboxylic acid groups (broad SMARTS) is 1. The van der Waals surface area contributed by atoms with Crippen LogP contribution in [0, 0.1) is 0 Å². The van der Waals surface area contributed by atoms with Crippen LogP contribution in [-0.2, 0) is 21.6 Å². The van der Waals surface area contributed by atoms with Gasteiger partial charge in [0.2, 0.25) is 0 Å². The second-order valence-corrected chi connectivity index (χ2v) is 6.85. The lowest BCUT2D eigenvalue weighted by Gasteiger charge is -2.20. The maximum atomic E-state index is 11.9. The van der Waals surface area contributed by atoms with Gasteiger partial charge in [0.15, 0.2) is 6.04 Å². The Bertz CT molecular complexity index is 718. The minimum absolute atomic E-state index is 0.0285. The van der Waals surface area contributed by atoms with Gasteiger partial charge in [0, 0.05) is 0 Å². The molecule has 5 nitrogen and oxygen atoms in total. The minimum atomic E-state index is -1.16. The molecule has 2 N–H and O–H groups in total. The van der Waals surface area contributed by atoms with Gasteiger partial charge in [-0.25, -0.2) is 9.59 Å². The van der Waals surface area contributed by atoms with Gasteiger partial charge < -0.3 is 15.2 Å². The Morgan fingerprint density at radius 1 is 1.04 bits per heavy atom. The van der Waals surface area contributed by atoms with E-state index in [0.717, 1.165) is 11.1 Å². The van der Waals surface area contributed by atoms with Crippen molar-refractivity contribution in [1.29, 1.82) is 0 Å². The zero-order chi connectivity index (χ0) is 18.4. The van der Waals surface area contributed by atoms with Gasteiger partial charge in [-0.1, -0.05) is 75.4 Å². The van der Waals surface area contributed by atoms with Crippen molar-refractivity contribution in [2.45, 2.75) is 38.8 Å². The van der Waals surface area contributed by atoms with E-state index >= 15 is 0 Å². The molecule has 1 atom stereocenters. The number of ether oxygens (including phenoxy) is 1. The number of aliphatic carboxylic acids is 1. The van der Waals surface area contributed by atoms with E-state index in [1.165, 1.54) is 0 Å². The summed E-state index contributed by atoms with van der Waals surface area (Å²) < 4.78 is 5.09. The van der Waals surface area contributed by atoms with E-state index in [-0.39, 0.29) is 12.0 Å². The lowest BCUT2D eigenvalue weighted by molar-refractivity contribution is -0.139. The maximum Gasteiger partial charge on any atom is 0.408 e. The average Bonchev–Trinajstić information content (AvgIpc) is 2.58. The van der Waals surface area contributed by atoms with Crippen LogP contribution in [0.5, 0.6) is 0 Å². The fourth-order valence-electron chi connectivity index (χ4n) is 2.35. The molecular weight excluding hydrogens is 318 g/mol. The Morgan fingerprint density at radius 3 is 2.16 bits per heavy atom. The van der Waals surface area contributed by atoms with Gasteiger partial charge in [0.25, 0.3) is 0 Å². The van der Waals surface area contributed by atoms with Crippen molar-refractivity contribution in [3.05, 3.63) is 71.3 Å². The number of carbonyl (C=O) groups is 2. The van der Waals surface area contributed by atoms with Crippen molar-refractivity contribution in [3.63, 3.8) is 0 Å². The van der Waals surface area contributed by atoms with Crippen LogP contribution in [-0.4, -0.2) is 17.2 Å². The predicted molar refractivity (Wildman–Crippen MR) is 95.3 cm³/mol. The molecule has 25 heavy (non-hydrogen) atoms. The van der Waals surface area contributed by atoms with Crippen molar-refractivity contribution >= 4 is 12.1 Å². The molecule has 0 saturated carbocycles. The smallest absolute Gasteiger partial charge is 0.408 e. The fraction of sp³-hybridized carbons (Fsp3) is 0.300. The third-order valence-electron chi connectivity index (χ3n) is 3.83. The molecule has 0 aliphatic rings. The fourth-order valence-corrected chi connectivity index (χ4v) is 2.35. The molecule has 0 aliphatic heterocycles. The molecule has 0 fully saturated rings. The molecule has 0 heterocycles. The molecule has 5 heteroatoms. The summed E-state index contributed by atoms with van der Waals surface area (Å²) in [5.74, 6) is -1.14. The van der Waals surface area contributed by atoms with Gasteiger partial charge in [-0.05, 0) is 22.1 Å². The van der Waals surface area contributed by atoms with Crippen LogP contribution in [0.15, 0.2) is 54.6 Å². The van der Waals surface area contributed by atoms with Gasteiger partial charge in [-0.2, -0.15) is 0 Å². The molecule has 2 aromatic rings. The topological polar surface area (TPSA) is 75.6 Å². The number of carboxylic acids is 1. The Labute approximate surface area is 147 Å². The maximum absolute atomic E-state index is 11.9. The largest absolute Gasteiger partial charge is 0.479 e. The first-order valence-corrected chi connectivity index (χ1v) is 8.08. The SMILES string of the molecule is CC(C)(C)c1ccc(C(NC(=O)OCc2ccccc2)C(=O)O)cc1. The summed E-state index contributed by atoms with van der Waals surface area (Å²) in [6.45, 7) is 6.32. The number of hydrogen-bond acceptors (Lipinski definition) is 3. The molecule has 0 bridgehead atoms. The normalized spacial score (nSPS) is 12.3. The second-order valence-electron chi connectivity index (χ2n) is 6.85. The Hall–Kier alpha value is -2.82. The number of nitrogens with one attached hydrogen (secondary N) is 1. The third-order valence-corrected chi connectivity index (χ3v) is 3.83. The van der Waals surface area contributed by atoms with E-state index in [0.29, 0.717) is 5.56 Å². The number of carbonyl (C=O) groups excluding carboxylic acids is 1. The van der Waals surface area contributed by atoms with Crippen molar-refractivity contribution in [3.8, 4) is 0 Å². The van der Waals surface area contributed by atoms with Gasteiger partial charge >= 0.3 is 12.1 Å². The van der Waals surface area contributed by atoms with E-state index in [4.69, 9.17) is 4.74 Å². The minimum Gasteiger partial charge on any atom is -0.479 e. The molecule has 2 rings (SSSR count). The summed E-state index contributed by atoms with van der Waals surface area (Å²) in [4.78, 5) is 23.5. The lowest BCUT2D eigenvalue weighted by atomic mass is 9.86. The van der Waals surface area contributed by atoms with Crippen LogP contribution in [0.1, 0.15) is 43.5 Å². The monoisotopic (exact) mass is 341 g/mol. The quantitative estimate of drug-likeness (QED) is 0.861. The summed E-state index contributed by atoms with van der Waals surface area (Å²) >= 11 is 0. The third kappa shape index (κ3) is 5.35. The molecule has 1 amide bonds. The standard InChI is InChI=1S/C20H23NO4/c1-20(2,3)16-11-9-15(10-12-16)17(18(22)23)21-19(24)25-13-14-7-5-4-6-8-14/h4-12,17H,13H2,1-3H3,(H,21,24)(H,22,23). The van der Waals surface area contributed by atoms with Crippen molar-refractivity contribution < 1.29 is 19.4 Å². The first-order valence-electron chi connectivity index (χ1n) is 8.08. The number of amides is 1. The van der Waals surface area contributed by atoms with Gasteiger partial charge in [0.05, 0.1) is 0 Å². The van der Waals surface area contributed by atoms with E-state index in [9.17, 15) is 14.7 Å². The zero-order valence-corrected chi connectivity index (χ0v) is 14.7. The van der Waals surface area contributed by atoms with Crippen LogP contribution in [0.2, 0.25) is 0 Å². The first kappa shape index (κ1) is 18.5. The summed E-state index contributed by atoms with van der Waals surface area (Å²) in [7, 11) is 0. The van der Waals surface area contributed by atoms with Crippen LogP contribution >= 0.6 is 0 Å². The van der Waals surface area contributed by atoms with E-state index in [1.807, 2.05) is 42.5 Å². The van der Waals surface area contributed by atoms with Crippen LogP contribution < -0.4 is 5.32 Å². The summed E-state index contributed by atoms with van der Waals surface area (Å²) in [5.41, 5.74) is 2.39. The van der Waals surface area contributed by atoms with Crippen LogP contribution in [0.4, 0.5) is 4.79 Å². The van der Waals surface area contributed by atoms with Gasteiger partial charge in [0.1, 0.15) is 6.61 Å². The van der Waals surface area contributed by atoms with Crippen LogP contribution in [0.25, 0.3) is 0 Å². The highest BCUT2D eigenvalue weighted by Crippen LogP contribution is 2.24. The van der Waals surface area contributed by atoms with E-state index < -0.39 is 18.1 Å². The number of hydrogen-bond donors (Lipinski definition) is 2.